The summed E-state index contributed by atoms with van der Waals surface area (Å²) in [6.45, 7) is 6.03. The Morgan fingerprint density at radius 1 is 1.24 bits per heavy atom. The van der Waals surface area contributed by atoms with Crippen LogP contribution in [0.15, 0.2) is 29.3 Å². The zero-order valence-corrected chi connectivity index (χ0v) is 15.3. The summed E-state index contributed by atoms with van der Waals surface area (Å²) >= 11 is 0. The van der Waals surface area contributed by atoms with Crippen molar-refractivity contribution < 1.29 is 4.39 Å². The Morgan fingerprint density at radius 2 is 1.86 bits per heavy atom. The van der Waals surface area contributed by atoms with Crippen molar-refractivity contribution in [3.8, 4) is 0 Å². The molecule has 2 rings (SSSR count). The first-order valence-corrected chi connectivity index (χ1v) is 7.22. The van der Waals surface area contributed by atoms with Gasteiger partial charge in [0, 0.05) is 25.6 Å². The van der Waals surface area contributed by atoms with Crippen LogP contribution >= 0.6 is 24.0 Å². The predicted molar refractivity (Wildman–Crippen MR) is 96.9 cm³/mol. The van der Waals surface area contributed by atoms with E-state index in [1.165, 1.54) is 25.0 Å². The lowest BCUT2D eigenvalue weighted by Crippen LogP contribution is -2.44. The molecule has 118 valence electrons. The van der Waals surface area contributed by atoms with Gasteiger partial charge in [-0.1, -0.05) is 26.0 Å². The Balaban J connectivity index is 0.00000220. The fourth-order valence-electron chi connectivity index (χ4n) is 2.09. The van der Waals surface area contributed by atoms with Crippen LogP contribution in [0.4, 0.5) is 4.39 Å². The lowest BCUT2D eigenvalue weighted by Gasteiger charge is -2.26. The number of halogens is 2. The second-order valence-electron chi connectivity index (χ2n) is 6.14. The highest BCUT2D eigenvalue weighted by Gasteiger charge is 2.23. The molecule has 3 nitrogen and oxygen atoms in total. The van der Waals surface area contributed by atoms with Crippen molar-refractivity contribution in [2.24, 2.45) is 10.9 Å². The highest BCUT2D eigenvalue weighted by atomic mass is 127. The highest BCUT2D eigenvalue weighted by molar-refractivity contribution is 14.0. The highest BCUT2D eigenvalue weighted by Crippen LogP contribution is 2.27. The summed E-state index contributed by atoms with van der Waals surface area (Å²) in [5.41, 5.74) is 1.04. The number of hydrogen-bond donors (Lipinski definition) is 2. The Hall–Kier alpha value is -0.850. The predicted octanol–water partition coefficient (Wildman–Crippen LogP) is 3.30. The Bertz CT molecular complexity index is 467. The largest absolute Gasteiger partial charge is 0.356 e. The molecule has 0 saturated heterocycles. The lowest BCUT2D eigenvalue weighted by atomic mass is 9.84. The van der Waals surface area contributed by atoms with Crippen LogP contribution in [-0.4, -0.2) is 26.1 Å². The number of rotatable bonds is 5. The van der Waals surface area contributed by atoms with Gasteiger partial charge in [0.25, 0.3) is 0 Å². The molecule has 2 N–H and O–H groups in total. The second-order valence-corrected chi connectivity index (χ2v) is 6.14. The van der Waals surface area contributed by atoms with Gasteiger partial charge in [-0.05, 0) is 36.5 Å². The van der Waals surface area contributed by atoms with E-state index >= 15 is 0 Å². The van der Waals surface area contributed by atoms with Crippen LogP contribution in [0.25, 0.3) is 0 Å². The van der Waals surface area contributed by atoms with E-state index in [0.717, 1.165) is 30.5 Å². The van der Waals surface area contributed by atoms with Crippen LogP contribution in [0.5, 0.6) is 0 Å². The summed E-state index contributed by atoms with van der Waals surface area (Å²) in [6.07, 6.45) is 2.65. The molecule has 0 radical (unpaired) electrons. The molecule has 0 aliphatic heterocycles. The maximum atomic E-state index is 13.0. The first kappa shape index (κ1) is 18.2. The number of nitrogens with zero attached hydrogens (tertiary/aromatic N) is 1. The molecular weight excluding hydrogens is 380 g/mol. The molecule has 1 aliphatic carbocycles. The van der Waals surface area contributed by atoms with Gasteiger partial charge in [0.1, 0.15) is 5.82 Å². The average molecular weight is 405 g/mol. The molecule has 21 heavy (non-hydrogen) atoms. The number of benzene rings is 1. The summed E-state index contributed by atoms with van der Waals surface area (Å²) in [5.74, 6) is 1.46. The van der Waals surface area contributed by atoms with Crippen LogP contribution in [-0.2, 0) is 5.41 Å². The van der Waals surface area contributed by atoms with E-state index in [-0.39, 0.29) is 35.2 Å². The van der Waals surface area contributed by atoms with Crippen molar-refractivity contribution in [3.05, 3.63) is 35.6 Å². The maximum Gasteiger partial charge on any atom is 0.191 e. The third-order valence-corrected chi connectivity index (χ3v) is 3.80. The zero-order valence-electron chi connectivity index (χ0n) is 12.9. The fourth-order valence-corrected chi connectivity index (χ4v) is 2.09. The first-order valence-electron chi connectivity index (χ1n) is 7.22. The molecule has 0 spiro atoms. The number of aliphatic imine (C=N–C) groups is 1. The summed E-state index contributed by atoms with van der Waals surface area (Å²) in [5, 5.41) is 6.69. The number of guanidine groups is 1. The molecule has 5 heteroatoms. The van der Waals surface area contributed by atoms with Crippen molar-refractivity contribution in [2.45, 2.75) is 32.1 Å². The minimum Gasteiger partial charge on any atom is -0.356 e. The monoisotopic (exact) mass is 405 g/mol. The molecule has 0 heterocycles. The molecule has 0 aromatic heterocycles. The molecule has 0 atom stereocenters. The van der Waals surface area contributed by atoms with Crippen molar-refractivity contribution in [2.75, 3.05) is 20.1 Å². The van der Waals surface area contributed by atoms with Crippen LogP contribution in [0.3, 0.4) is 0 Å². The fraction of sp³-hybridized carbons (Fsp3) is 0.562. The van der Waals surface area contributed by atoms with E-state index in [4.69, 9.17) is 0 Å². The molecular formula is C16H25FIN3. The molecule has 0 amide bonds. The van der Waals surface area contributed by atoms with Crippen LogP contribution < -0.4 is 10.6 Å². The van der Waals surface area contributed by atoms with Gasteiger partial charge >= 0.3 is 0 Å². The zero-order chi connectivity index (χ0) is 14.6. The third-order valence-electron chi connectivity index (χ3n) is 3.80. The molecule has 1 aromatic carbocycles. The molecule has 1 fully saturated rings. The standard InChI is InChI=1S/C16H24FN3.HI/c1-16(2,13-6-8-14(17)9-7-13)11-20-15(18-3)19-10-12-4-5-12;/h6-9,12H,4-5,10-11H2,1-3H3,(H2,18,19,20);1H. The minimum atomic E-state index is -0.195. The summed E-state index contributed by atoms with van der Waals surface area (Å²) < 4.78 is 13.0. The molecule has 1 saturated carbocycles. The average Bonchev–Trinajstić information content (AvgIpc) is 3.23. The minimum absolute atomic E-state index is 0. The molecule has 0 unspecified atom stereocenters. The lowest BCUT2D eigenvalue weighted by molar-refractivity contribution is 0.506. The van der Waals surface area contributed by atoms with Crippen LogP contribution in [0.1, 0.15) is 32.3 Å². The second kappa shape index (κ2) is 7.96. The topological polar surface area (TPSA) is 36.4 Å². The van der Waals surface area contributed by atoms with Gasteiger partial charge < -0.3 is 10.6 Å². The van der Waals surface area contributed by atoms with Crippen molar-refractivity contribution in [1.29, 1.82) is 0 Å². The molecule has 1 aliphatic rings. The summed E-state index contributed by atoms with van der Waals surface area (Å²) in [6, 6.07) is 6.71. The van der Waals surface area contributed by atoms with Crippen LogP contribution in [0, 0.1) is 11.7 Å². The quantitative estimate of drug-likeness (QED) is 0.448. The first-order chi connectivity index (χ1) is 9.51. The Morgan fingerprint density at radius 3 is 2.38 bits per heavy atom. The van der Waals surface area contributed by atoms with E-state index in [1.807, 2.05) is 12.1 Å². The Kier molecular flexibility index (Phi) is 6.90. The van der Waals surface area contributed by atoms with Gasteiger partial charge in [0.05, 0.1) is 0 Å². The molecule has 0 bridgehead atoms. The van der Waals surface area contributed by atoms with E-state index in [1.54, 1.807) is 7.05 Å². The number of hydrogen-bond acceptors (Lipinski definition) is 1. The van der Waals surface area contributed by atoms with Gasteiger partial charge in [-0.25, -0.2) is 4.39 Å². The number of nitrogens with one attached hydrogen (secondary N) is 2. The van der Waals surface area contributed by atoms with Gasteiger partial charge in [0.2, 0.25) is 0 Å². The van der Waals surface area contributed by atoms with Gasteiger partial charge in [-0.2, -0.15) is 0 Å². The van der Waals surface area contributed by atoms with E-state index in [2.05, 4.69) is 29.5 Å². The van der Waals surface area contributed by atoms with E-state index in [9.17, 15) is 4.39 Å². The van der Waals surface area contributed by atoms with Crippen molar-refractivity contribution in [3.63, 3.8) is 0 Å². The smallest absolute Gasteiger partial charge is 0.191 e. The van der Waals surface area contributed by atoms with Crippen molar-refractivity contribution >= 4 is 29.9 Å². The van der Waals surface area contributed by atoms with E-state index < -0.39 is 0 Å². The third kappa shape index (κ3) is 5.80. The summed E-state index contributed by atoms with van der Waals surface area (Å²) in [4.78, 5) is 4.23. The maximum absolute atomic E-state index is 13.0. The van der Waals surface area contributed by atoms with Crippen molar-refractivity contribution in [1.82, 2.24) is 10.6 Å². The molecule has 1 aromatic rings. The SMILES string of the molecule is CN=C(NCC1CC1)NCC(C)(C)c1ccc(F)cc1.I. The Labute approximate surface area is 143 Å². The van der Waals surface area contributed by atoms with E-state index in [0.29, 0.717) is 0 Å². The van der Waals surface area contributed by atoms with Gasteiger partial charge in [0.15, 0.2) is 5.96 Å². The van der Waals surface area contributed by atoms with Gasteiger partial charge in [-0.3, -0.25) is 4.99 Å². The normalized spacial score (nSPS) is 15.3. The van der Waals surface area contributed by atoms with Gasteiger partial charge in [-0.15, -0.1) is 24.0 Å². The van der Waals surface area contributed by atoms with Crippen LogP contribution in [0.2, 0.25) is 0 Å². The summed E-state index contributed by atoms with van der Waals surface area (Å²) in [7, 11) is 1.78.